The molecule has 8 nitrogen and oxygen atoms in total. The fourth-order valence-corrected chi connectivity index (χ4v) is 5.11. The maximum atomic E-state index is 12.0. The first kappa shape index (κ1) is 25.8. The van der Waals surface area contributed by atoms with Crippen LogP contribution in [0.2, 0.25) is 0 Å². The molecule has 4 aliphatic rings. The quantitative estimate of drug-likeness (QED) is 0.539. The predicted octanol–water partition coefficient (Wildman–Crippen LogP) is 4.13. The zero-order chi connectivity index (χ0) is 24.3. The highest BCUT2D eigenvalue weighted by molar-refractivity contribution is 5.76. The summed E-state index contributed by atoms with van der Waals surface area (Å²) in [5, 5.41) is 22.0. The molecule has 0 aromatic rings. The summed E-state index contributed by atoms with van der Waals surface area (Å²) in [6.45, 7) is 8.22. The van der Waals surface area contributed by atoms with Gasteiger partial charge in [0.2, 0.25) is 0 Å². The van der Waals surface area contributed by atoms with Crippen molar-refractivity contribution in [1.82, 2.24) is 10.2 Å². The highest BCUT2D eigenvalue weighted by atomic mass is 16.6. The lowest BCUT2D eigenvalue weighted by molar-refractivity contribution is -0.153. The van der Waals surface area contributed by atoms with Gasteiger partial charge in [-0.1, -0.05) is 25.7 Å². The Morgan fingerprint density at radius 1 is 0.848 bits per heavy atom. The van der Waals surface area contributed by atoms with E-state index in [9.17, 15) is 24.6 Å². The molecular formula is C25H42N2O6. The van der Waals surface area contributed by atoms with Crippen LogP contribution in [0.3, 0.4) is 0 Å². The second-order valence-corrected chi connectivity index (χ2v) is 11.7. The summed E-state index contributed by atoms with van der Waals surface area (Å²) >= 11 is 0. The first-order valence-electron chi connectivity index (χ1n) is 12.6. The van der Waals surface area contributed by atoms with E-state index in [2.05, 4.69) is 5.32 Å². The van der Waals surface area contributed by atoms with Crippen molar-refractivity contribution in [3.05, 3.63) is 0 Å². The largest absolute Gasteiger partial charge is 0.481 e. The molecule has 0 bridgehead atoms. The average Bonchev–Trinajstić information content (AvgIpc) is 3.66. The van der Waals surface area contributed by atoms with E-state index < -0.39 is 23.0 Å². The zero-order valence-electron chi connectivity index (χ0n) is 20.5. The van der Waals surface area contributed by atoms with Gasteiger partial charge in [0, 0.05) is 13.1 Å². The number of amides is 1. The molecular weight excluding hydrogens is 424 g/mol. The van der Waals surface area contributed by atoms with E-state index in [1.807, 2.05) is 20.8 Å². The first-order valence-corrected chi connectivity index (χ1v) is 12.6. The minimum atomic E-state index is -0.701. The van der Waals surface area contributed by atoms with Crippen LogP contribution in [-0.4, -0.2) is 64.9 Å². The Bertz CT molecular complexity index is 709. The third-order valence-corrected chi connectivity index (χ3v) is 7.59. The molecule has 0 atom stereocenters. The normalized spacial score (nSPS) is 24.3. The number of ether oxygens (including phenoxy) is 1. The molecule has 8 heteroatoms. The maximum Gasteiger partial charge on any atom is 0.410 e. The van der Waals surface area contributed by atoms with Gasteiger partial charge in [0.1, 0.15) is 5.60 Å². The molecule has 2 aliphatic carbocycles. The van der Waals surface area contributed by atoms with Crippen LogP contribution in [0.5, 0.6) is 0 Å². The van der Waals surface area contributed by atoms with Gasteiger partial charge in [0.25, 0.3) is 0 Å². The van der Waals surface area contributed by atoms with Crippen LogP contribution in [0.15, 0.2) is 0 Å². The molecule has 2 aliphatic heterocycles. The van der Waals surface area contributed by atoms with Crippen molar-refractivity contribution < 1.29 is 29.3 Å². The standard InChI is InChI=1S/C15H25NO4.C10H17NO2/c1-14(2,3)20-13(19)16-8-6-15(7-9-16,12(17)18)10-11-4-5-11;12-9(13)10(7-8-1-2-8)3-5-11-6-4-10/h11H,4-10H2,1-3H3,(H,17,18);8,11H,1-7H2,(H,12,13). The third-order valence-electron chi connectivity index (χ3n) is 7.59. The number of nitrogens with zero attached hydrogens (tertiary/aromatic N) is 1. The minimum Gasteiger partial charge on any atom is -0.481 e. The monoisotopic (exact) mass is 466 g/mol. The summed E-state index contributed by atoms with van der Waals surface area (Å²) in [7, 11) is 0. The molecule has 2 saturated heterocycles. The Labute approximate surface area is 197 Å². The van der Waals surface area contributed by atoms with Crippen molar-refractivity contribution >= 4 is 18.0 Å². The molecule has 0 unspecified atom stereocenters. The van der Waals surface area contributed by atoms with E-state index in [-0.39, 0.29) is 11.5 Å². The Hall–Kier alpha value is -1.83. The van der Waals surface area contributed by atoms with E-state index in [0.717, 1.165) is 51.6 Å². The Morgan fingerprint density at radius 2 is 1.27 bits per heavy atom. The number of carbonyl (C=O) groups is 3. The molecule has 33 heavy (non-hydrogen) atoms. The Morgan fingerprint density at radius 3 is 1.64 bits per heavy atom. The van der Waals surface area contributed by atoms with Gasteiger partial charge in [0.15, 0.2) is 0 Å². The number of nitrogens with one attached hydrogen (secondary N) is 1. The SMILES string of the molecule is CC(C)(C)OC(=O)N1CCC(CC2CC2)(C(=O)O)CC1.O=C(O)C1(CC2CC2)CCNCC1. The predicted molar refractivity (Wildman–Crippen MR) is 124 cm³/mol. The summed E-state index contributed by atoms with van der Waals surface area (Å²) in [5.41, 5.74) is -1.52. The summed E-state index contributed by atoms with van der Waals surface area (Å²) in [4.78, 5) is 36.4. The van der Waals surface area contributed by atoms with E-state index in [1.165, 1.54) is 12.8 Å². The molecule has 1 amide bonds. The summed E-state index contributed by atoms with van der Waals surface area (Å²) in [6.07, 6.45) is 8.89. The lowest BCUT2D eigenvalue weighted by atomic mass is 9.74. The number of carbonyl (C=O) groups excluding carboxylic acids is 1. The highest BCUT2D eigenvalue weighted by Crippen LogP contribution is 2.46. The van der Waals surface area contributed by atoms with E-state index in [4.69, 9.17) is 4.74 Å². The van der Waals surface area contributed by atoms with Gasteiger partial charge in [-0.05, 0) is 84.2 Å². The smallest absolute Gasteiger partial charge is 0.410 e. The van der Waals surface area contributed by atoms with Gasteiger partial charge < -0.3 is 25.2 Å². The fraction of sp³-hybridized carbons (Fsp3) is 0.880. The number of aliphatic carboxylic acids is 2. The lowest BCUT2D eigenvalue weighted by Gasteiger charge is -2.39. The van der Waals surface area contributed by atoms with E-state index in [1.54, 1.807) is 4.90 Å². The van der Waals surface area contributed by atoms with Gasteiger partial charge in [-0.25, -0.2) is 4.79 Å². The van der Waals surface area contributed by atoms with Crippen LogP contribution in [0.4, 0.5) is 4.79 Å². The third kappa shape index (κ3) is 7.33. The number of likely N-dealkylation sites (tertiary alicyclic amines) is 1. The zero-order valence-corrected chi connectivity index (χ0v) is 20.5. The Balaban J connectivity index is 0.000000203. The molecule has 0 aromatic heterocycles. The minimum absolute atomic E-state index is 0.331. The summed E-state index contributed by atoms with van der Waals surface area (Å²) < 4.78 is 5.34. The van der Waals surface area contributed by atoms with Crippen molar-refractivity contribution in [3.63, 3.8) is 0 Å². The van der Waals surface area contributed by atoms with Gasteiger partial charge in [-0.2, -0.15) is 0 Å². The topological polar surface area (TPSA) is 116 Å². The van der Waals surface area contributed by atoms with Crippen LogP contribution in [0, 0.1) is 22.7 Å². The molecule has 2 saturated carbocycles. The number of carboxylic acid groups (broad SMARTS) is 2. The summed E-state index contributed by atoms with van der Waals surface area (Å²) in [6, 6.07) is 0. The van der Waals surface area contributed by atoms with Gasteiger partial charge in [-0.15, -0.1) is 0 Å². The van der Waals surface area contributed by atoms with Crippen LogP contribution in [-0.2, 0) is 14.3 Å². The first-order chi connectivity index (χ1) is 15.4. The average molecular weight is 467 g/mol. The second-order valence-electron chi connectivity index (χ2n) is 11.7. The second kappa shape index (κ2) is 10.2. The number of hydrogen-bond donors (Lipinski definition) is 3. The van der Waals surface area contributed by atoms with Crippen LogP contribution < -0.4 is 5.32 Å². The molecule has 4 fully saturated rings. The maximum absolute atomic E-state index is 12.0. The molecule has 2 heterocycles. The molecule has 0 radical (unpaired) electrons. The Kier molecular flexibility index (Phi) is 7.97. The van der Waals surface area contributed by atoms with E-state index >= 15 is 0 Å². The van der Waals surface area contributed by atoms with Gasteiger partial charge in [-0.3, -0.25) is 9.59 Å². The van der Waals surface area contributed by atoms with E-state index in [0.29, 0.717) is 37.8 Å². The van der Waals surface area contributed by atoms with Crippen molar-refractivity contribution in [2.75, 3.05) is 26.2 Å². The number of carboxylic acids is 2. The highest BCUT2D eigenvalue weighted by Gasteiger charge is 2.46. The number of hydrogen-bond acceptors (Lipinski definition) is 5. The molecule has 0 aromatic carbocycles. The van der Waals surface area contributed by atoms with Gasteiger partial charge >= 0.3 is 18.0 Å². The van der Waals surface area contributed by atoms with Crippen LogP contribution in [0.1, 0.15) is 85.0 Å². The van der Waals surface area contributed by atoms with Crippen molar-refractivity contribution in [2.45, 2.75) is 90.6 Å². The number of piperidine rings is 2. The fourth-order valence-electron chi connectivity index (χ4n) is 5.11. The molecule has 4 rings (SSSR count). The summed E-state index contributed by atoms with van der Waals surface area (Å²) in [5.74, 6) is 0.0301. The van der Waals surface area contributed by atoms with Crippen molar-refractivity contribution in [1.29, 1.82) is 0 Å². The van der Waals surface area contributed by atoms with Gasteiger partial charge in [0.05, 0.1) is 10.8 Å². The number of rotatable bonds is 6. The van der Waals surface area contributed by atoms with Crippen molar-refractivity contribution in [2.24, 2.45) is 22.7 Å². The van der Waals surface area contributed by atoms with Crippen LogP contribution >= 0.6 is 0 Å². The molecule has 188 valence electrons. The lowest BCUT2D eigenvalue weighted by Crippen LogP contribution is -2.48. The molecule has 3 N–H and O–H groups in total. The molecule has 0 spiro atoms. The van der Waals surface area contributed by atoms with Crippen LogP contribution in [0.25, 0.3) is 0 Å². The van der Waals surface area contributed by atoms with Crippen molar-refractivity contribution in [3.8, 4) is 0 Å².